The summed E-state index contributed by atoms with van der Waals surface area (Å²) in [7, 11) is 0. The maximum absolute atomic E-state index is 13.5. The Morgan fingerprint density at radius 1 is 1.14 bits per heavy atom. The molecule has 0 radical (unpaired) electrons. The van der Waals surface area contributed by atoms with E-state index in [1.54, 1.807) is 42.7 Å². The first kappa shape index (κ1) is 20.1. The highest BCUT2D eigenvalue weighted by molar-refractivity contribution is 5.99. The van der Waals surface area contributed by atoms with Gasteiger partial charge >= 0.3 is 5.97 Å². The lowest BCUT2D eigenvalue weighted by molar-refractivity contribution is -0.141. The SMILES string of the molecule is Cc1cc(C(=O)COC(=O)CNC(=O)c2ccco2)c(C)n1-c1cccc(F)c1. The van der Waals surface area contributed by atoms with Gasteiger partial charge in [-0.2, -0.15) is 0 Å². The van der Waals surface area contributed by atoms with Gasteiger partial charge in [-0.05, 0) is 50.2 Å². The molecule has 7 nitrogen and oxygen atoms in total. The van der Waals surface area contributed by atoms with Crippen molar-refractivity contribution in [3.05, 3.63) is 77.3 Å². The fraction of sp³-hybridized carbons (Fsp3) is 0.190. The number of furan rings is 1. The maximum atomic E-state index is 13.5. The van der Waals surface area contributed by atoms with Crippen LogP contribution in [0, 0.1) is 19.7 Å². The molecular formula is C21H19FN2O5. The van der Waals surface area contributed by atoms with Crippen LogP contribution in [0.3, 0.4) is 0 Å². The van der Waals surface area contributed by atoms with Crippen molar-refractivity contribution in [1.29, 1.82) is 0 Å². The average molecular weight is 398 g/mol. The van der Waals surface area contributed by atoms with Gasteiger partial charge in [0.15, 0.2) is 12.4 Å². The molecule has 0 aliphatic carbocycles. The number of carbonyl (C=O) groups excluding carboxylic acids is 3. The molecule has 0 aliphatic heterocycles. The standard InChI is InChI=1S/C21H19FN2O5/c1-13-9-17(14(2)24(13)16-6-3-5-15(22)10-16)18(25)12-29-20(26)11-23-21(27)19-7-4-8-28-19/h3-10H,11-12H2,1-2H3,(H,23,27). The van der Waals surface area contributed by atoms with E-state index in [2.05, 4.69) is 5.32 Å². The molecule has 1 amide bonds. The zero-order chi connectivity index (χ0) is 21.0. The number of aryl methyl sites for hydroxylation is 1. The van der Waals surface area contributed by atoms with Gasteiger partial charge in [0.1, 0.15) is 12.4 Å². The third-order valence-corrected chi connectivity index (χ3v) is 4.30. The average Bonchev–Trinajstić information content (AvgIpc) is 3.32. The van der Waals surface area contributed by atoms with Crippen LogP contribution < -0.4 is 5.32 Å². The summed E-state index contributed by atoms with van der Waals surface area (Å²) in [6.45, 7) is 2.67. The normalized spacial score (nSPS) is 10.6. The van der Waals surface area contributed by atoms with Gasteiger partial charge in [-0.25, -0.2) is 4.39 Å². The lowest BCUT2D eigenvalue weighted by atomic mass is 10.1. The molecule has 3 rings (SSSR count). The summed E-state index contributed by atoms with van der Waals surface area (Å²) < 4.78 is 25.2. The van der Waals surface area contributed by atoms with E-state index in [0.717, 1.165) is 5.69 Å². The number of halogens is 1. The van der Waals surface area contributed by atoms with Crippen LogP contribution in [-0.2, 0) is 9.53 Å². The van der Waals surface area contributed by atoms with Crippen LogP contribution in [0.15, 0.2) is 53.1 Å². The van der Waals surface area contributed by atoms with Crippen molar-refractivity contribution in [2.24, 2.45) is 0 Å². The van der Waals surface area contributed by atoms with E-state index >= 15 is 0 Å². The summed E-state index contributed by atoms with van der Waals surface area (Å²) in [5, 5.41) is 2.34. The molecule has 2 aromatic heterocycles. The first-order valence-corrected chi connectivity index (χ1v) is 8.82. The number of carbonyl (C=O) groups is 3. The molecular weight excluding hydrogens is 379 g/mol. The number of amides is 1. The first-order valence-electron chi connectivity index (χ1n) is 8.82. The molecule has 8 heteroatoms. The number of ether oxygens (including phenoxy) is 1. The Morgan fingerprint density at radius 2 is 1.93 bits per heavy atom. The predicted molar refractivity (Wildman–Crippen MR) is 102 cm³/mol. The Bertz CT molecular complexity index is 1050. The molecule has 0 spiro atoms. The molecule has 0 saturated carbocycles. The van der Waals surface area contributed by atoms with Crippen molar-refractivity contribution >= 4 is 17.7 Å². The Morgan fingerprint density at radius 3 is 2.62 bits per heavy atom. The van der Waals surface area contributed by atoms with E-state index in [4.69, 9.17) is 9.15 Å². The number of nitrogens with one attached hydrogen (secondary N) is 1. The van der Waals surface area contributed by atoms with Crippen LogP contribution in [0.25, 0.3) is 5.69 Å². The van der Waals surface area contributed by atoms with Crippen molar-refractivity contribution in [3.63, 3.8) is 0 Å². The molecule has 1 N–H and O–H groups in total. The molecule has 0 atom stereocenters. The summed E-state index contributed by atoms with van der Waals surface area (Å²) in [5.74, 6) is -2.02. The van der Waals surface area contributed by atoms with Gasteiger partial charge < -0.3 is 19.0 Å². The molecule has 0 bridgehead atoms. The fourth-order valence-electron chi connectivity index (χ4n) is 2.98. The van der Waals surface area contributed by atoms with Crippen LogP contribution >= 0.6 is 0 Å². The molecule has 0 aliphatic rings. The van der Waals surface area contributed by atoms with Crippen LogP contribution in [0.2, 0.25) is 0 Å². The molecule has 29 heavy (non-hydrogen) atoms. The van der Waals surface area contributed by atoms with Crippen LogP contribution in [0.1, 0.15) is 32.3 Å². The summed E-state index contributed by atoms with van der Waals surface area (Å²) in [4.78, 5) is 36.0. The van der Waals surface area contributed by atoms with E-state index in [1.807, 2.05) is 0 Å². The third kappa shape index (κ3) is 4.60. The number of rotatable bonds is 7. The van der Waals surface area contributed by atoms with Crippen molar-refractivity contribution in [2.75, 3.05) is 13.2 Å². The topological polar surface area (TPSA) is 90.5 Å². The molecule has 3 aromatic rings. The molecule has 0 saturated heterocycles. The number of nitrogens with zero attached hydrogens (tertiary/aromatic N) is 1. The van der Waals surface area contributed by atoms with Gasteiger partial charge in [0.2, 0.25) is 5.78 Å². The number of Topliss-reactive ketones (excluding diaryl/α,β-unsaturated/α-hetero) is 1. The number of aromatic nitrogens is 1. The van der Waals surface area contributed by atoms with Crippen LogP contribution in [0.5, 0.6) is 0 Å². The van der Waals surface area contributed by atoms with Crippen molar-refractivity contribution in [2.45, 2.75) is 13.8 Å². The first-order chi connectivity index (χ1) is 13.9. The molecule has 1 aromatic carbocycles. The highest BCUT2D eigenvalue weighted by Gasteiger charge is 2.19. The maximum Gasteiger partial charge on any atom is 0.325 e. The van der Waals surface area contributed by atoms with E-state index in [-0.39, 0.29) is 11.6 Å². The van der Waals surface area contributed by atoms with Gasteiger partial charge in [0.05, 0.1) is 6.26 Å². The fourth-order valence-corrected chi connectivity index (χ4v) is 2.98. The Kier molecular flexibility index (Phi) is 5.92. The summed E-state index contributed by atoms with van der Waals surface area (Å²) >= 11 is 0. The van der Waals surface area contributed by atoms with E-state index < -0.39 is 30.8 Å². The summed E-state index contributed by atoms with van der Waals surface area (Å²) in [5.41, 5.74) is 2.32. The second kappa shape index (κ2) is 8.55. The van der Waals surface area contributed by atoms with E-state index in [1.165, 1.54) is 24.5 Å². The third-order valence-electron chi connectivity index (χ3n) is 4.30. The second-order valence-electron chi connectivity index (χ2n) is 6.34. The number of hydrogen-bond acceptors (Lipinski definition) is 5. The van der Waals surface area contributed by atoms with Gasteiger partial charge in [0, 0.05) is 22.6 Å². The molecule has 0 fully saturated rings. The minimum absolute atomic E-state index is 0.0682. The van der Waals surface area contributed by atoms with Crippen molar-refractivity contribution in [1.82, 2.24) is 9.88 Å². The molecule has 150 valence electrons. The van der Waals surface area contributed by atoms with E-state index in [9.17, 15) is 18.8 Å². The summed E-state index contributed by atoms with van der Waals surface area (Å²) in [6, 6.07) is 10.7. The van der Waals surface area contributed by atoms with Crippen LogP contribution in [0.4, 0.5) is 4.39 Å². The van der Waals surface area contributed by atoms with Gasteiger partial charge in [-0.3, -0.25) is 14.4 Å². The largest absolute Gasteiger partial charge is 0.459 e. The van der Waals surface area contributed by atoms with E-state index in [0.29, 0.717) is 16.9 Å². The number of benzene rings is 1. The van der Waals surface area contributed by atoms with Crippen LogP contribution in [-0.4, -0.2) is 35.4 Å². The summed E-state index contributed by atoms with van der Waals surface area (Å²) in [6.07, 6.45) is 1.34. The van der Waals surface area contributed by atoms with Gasteiger partial charge in [0.25, 0.3) is 5.91 Å². The Labute approximate surface area is 166 Å². The minimum atomic E-state index is -0.753. The predicted octanol–water partition coefficient (Wildman–Crippen LogP) is 2.98. The van der Waals surface area contributed by atoms with Crippen molar-refractivity contribution in [3.8, 4) is 5.69 Å². The highest BCUT2D eigenvalue weighted by Crippen LogP contribution is 2.22. The molecule has 0 unspecified atom stereocenters. The highest BCUT2D eigenvalue weighted by atomic mass is 19.1. The monoisotopic (exact) mass is 398 g/mol. The number of hydrogen-bond donors (Lipinski definition) is 1. The molecule has 2 heterocycles. The number of esters is 1. The Balaban J connectivity index is 1.60. The smallest absolute Gasteiger partial charge is 0.325 e. The van der Waals surface area contributed by atoms with Crippen molar-refractivity contribution < 1.29 is 27.9 Å². The zero-order valence-corrected chi connectivity index (χ0v) is 15.9. The zero-order valence-electron chi connectivity index (χ0n) is 15.9. The van der Waals surface area contributed by atoms with Gasteiger partial charge in [-0.15, -0.1) is 0 Å². The Hall–Kier alpha value is -3.68. The van der Waals surface area contributed by atoms with Gasteiger partial charge in [-0.1, -0.05) is 6.07 Å². The second-order valence-corrected chi connectivity index (χ2v) is 6.34. The lowest BCUT2D eigenvalue weighted by Crippen LogP contribution is -2.31. The number of ketones is 1. The quantitative estimate of drug-likeness (QED) is 0.488. The minimum Gasteiger partial charge on any atom is -0.459 e. The lowest BCUT2D eigenvalue weighted by Gasteiger charge is -2.10.